The molecule has 0 saturated carbocycles. The van der Waals surface area contributed by atoms with Gasteiger partial charge in [-0.1, -0.05) is 79.7 Å². The van der Waals surface area contributed by atoms with Gasteiger partial charge >= 0.3 is 0 Å². The third kappa shape index (κ3) is 4.05. The Bertz CT molecular complexity index is 1170. The number of nitrogens with zero attached hydrogens (tertiary/aromatic N) is 4. The fourth-order valence-electron chi connectivity index (χ4n) is 3.93. The number of hydrogen-bond donors (Lipinski definition) is 1. The third-order valence-electron chi connectivity index (χ3n) is 5.41. The third-order valence-corrected chi connectivity index (χ3v) is 6.53. The van der Waals surface area contributed by atoms with Crippen molar-refractivity contribution in [3.05, 3.63) is 88.2 Å². The highest BCUT2D eigenvalue weighted by Gasteiger charge is 2.37. The minimum Gasteiger partial charge on any atom is -0.387 e. The van der Waals surface area contributed by atoms with Crippen molar-refractivity contribution in [3.8, 4) is 0 Å². The standard InChI is InChI=1S/C24H23N5O2S/c1-24(2)13-18-22(19(30)14-24)32-23-26-25-20(29(23)27-18)15-31-28-21(16-9-5-3-6-10-16)17-11-7-4-8-12-17/h3-12,27H,13-15H2,1-2H3. The number of rotatable bonds is 5. The van der Waals surface area contributed by atoms with Crippen LogP contribution in [0.25, 0.3) is 0 Å². The van der Waals surface area contributed by atoms with E-state index in [2.05, 4.69) is 34.6 Å². The molecule has 162 valence electrons. The molecule has 2 aliphatic rings. The van der Waals surface area contributed by atoms with Gasteiger partial charge in [-0.2, -0.15) is 0 Å². The molecule has 0 amide bonds. The van der Waals surface area contributed by atoms with E-state index in [1.54, 1.807) is 4.68 Å². The van der Waals surface area contributed by atoms with Gasteiger partial charge in [-0.25, -0.2) is 4.68 Å². The van der Waals surface area contributed by atoms with Crippen molar-refractivity contribution < 1.29 is 9.63 Å². The van der Waals surface area contributed by atoms with Crippen LogP contribution < -0.4 is 5.43 Å². The summed E-state index contributed by atoms with van der Waals surface area (Å²) in [5, 5.41) is 13.6. The second-order valence-corrected chi connectivity index (χ2v) is 9.62. The number of carbonyl (C=O) groups excluding carboxylic acids is 1. The lowest BCUT2D eigenvalue weighted by atomic mass is 9.79. The molecule has 0 atom stereocenters. The Morgan fingerprint density at radius 1 is 1.06 bits per heavy atom. The molecule has 2 aromatic carbocycles. The second kappa shape index (κ2) is 8.27. The summed E-state index contributed by atoms with van der Waals surface area (Å²) in [6, 6.07) is 19.8. The molecule has 0 fully saturated rings. The minimum absolute atomic E-state index is 0.0732. The van der Waals surface area contributed by atoms with E-state index in [1.807, 2.05) is 60.7 Å². The van der Waals surface area contributed by atoms with E-state index in [-0.39, 0.29) is 17.8 Å². The average molecular weight is 446 g/mol. The van der Waals surface area contributed by atoms with Crippen LogP contribution >= 0.6 is 11.8 Å². The lowest BCUT2D eigenvalue weighted by molar-refractivity contribution is -0.117. The summed E-state index contributed by atoms with van der Waals surface area (Å²) in [6.07, 6.45) is 1.34. The zero-order valence-electron chi connectivity index (χ0n) is 17.9. The van der Waals surface area contributed by atoms with Crippen molar-refractivity contribution in [3.63, 3.8) is 0 Å². The predicted octanol–water partition coefficient (Wildman–Crippen LogP) is 4.50. The zero-order valence-corrected chi connectivity index (χ0v) is 18.7. The summed E-state index contributed by atoms with van der Waals surface area (Å²) < 4.78 is 1.79. The van der Waals surface area contributed by atoms with E-state index in [0.717, 1.165) is 33.9 Å². The number of carbonyl (C=O) groups is 1. The van der Waals surface area contributed by atoms with Crippen molar-refractivity contribution in [2.75, 3.05) is 5.43 Å². The molecule has 2 heterocycles. The van der Waals surface area contributed by atoms with E-state index >= 15 is 0 Å². The molecule has 0 radical (unpaired) electrons. The van der Waals surface area contributed by atoms with Gasteiger partial charge in [-0.15, -0.1) is 10.2 Å². The lowest BCUT2D eigenvalue weighted by Crippen LogP contribution is -2.33. The van der Waals surface area contributed by atoms with Crippen LogP contribution in [0.3, 0.4) is 0 Å². The first-order chi connectivity index (χ1) is 15.5. The Morgan fingerprint density at radius 3 is 2.38 bits per heavy atom. The van der Waals surface area contributed by atoms with Crippen LogP contribution in [0.2, 0.25) is 0 Å². The molecule has 0 spiro atoms. The summed E-state index contributed by atoms with van der Waals surface area (Å²) in [5.41, 5.74) is 6.86. The molecule has 5 rings (SSSR count). The first-order valence-electron chi connectivity index (χ1n) is 10.5. The molecular formula is C24H23N5O2S. The Hall–Kier alpha value is -3.39. The van der Waals surface area contributed by atoms with Crippen molar-refractivity contribution >= 4 is 23.3 Å². The van der Waals surface area contributed by atoms with Crippen LogP contribution in [0, 0.1) is 5.41 Å². The van der Waals surface area contributed by atoms with Crippen LogP contribution in [0.5, 0.6) is 0 Å². The van der Waals surface area contributed by atoms with Gasteiger partial charge in [0.15, 0.2) is 18.2 Å². The van der Waals surface area contributed by atoms with Gasteiger partial charge in [0.05, 0.1) is 10.6 Å². The number of allylic oxidation sites excluding steroid dienone is 2. The number of nitrogens with one attached hydrogen (secondary N) is 1. The van der Waals surface area contributed by atoms with Gasteiger partial charge in [0.2, 0.25) is 5.16 Å². The summed E-state index contributed by atoms with van der Waals surface area (Å²) in [7, 11) is 0. The Labute approximate surface area is 190 Å². The number of hydrogen-bond acceptors (Lipinski definition) is 7. The molecule has 32 heavy (non-hydrogen) atoms. The van der Waals surface area contributed by atoms with E-state index < -0.39 is 0 Å². The number of aromatic nitrogens is 3. The fraction of sp³-hybridized carbons (Fsp3) is 0.250. The Balaban J connectivity index is 1.37. The van der Waals surface area contributed by atoms with Crippen molar-refractivity contribution in [1.29, 1.82) is 0 Å². The average Bonchev–Trinajstić information content (AvgIpc) is 3.18. The highest BCUT2D eigenvalue weighted by atomic mass is 32.2. The van der Waals surface area contributed by atoms with Gasteiger partial charge in [0, 0.05) is 17.5 Å². The molecule has 0 saturated heterocycles. The normalized spacial score (nSPS) is 16.6. The molecule has 0 bridgehead atoms. The predicted molar refractivity (Wildman–Crippen MR) is 124 cm³/mol. The second-order valence-electron chi connectivity index (χ2n) is 8.64. The quantitative estimate of drug-likeness (QED) is 0.460. The Morgan fingerprint density at radius 2 is 1.72 bits per heavy atom. The van der Waals surface area contributed by atoms with Crippen LogP contribution in [-0.2, 0) is 16.2 Å². The largest absolute Gasteiger partial charge is 0.387 e. The number of fused-ring (bicyclic) bond motifs is 1. The monoisotopic (exact) mass is 445 g/mol. The van der Waals surface area contributed by atoms with Gasteiger partial charge in [0.25, 0.3) is 0 Å². The maximum absolute atomic E-state index is 12.6. The molecule has 1 aliphatic heterocycles. The minimum atomic E-state index is -0.0732. The summed E-state index contributed by atoms with van der Waals surface area (Å²) in [4.78, 5) is 19.0. The van der Waals surface area contributed by atoms with E-state index in [0.29, 0.717) is 17.4 Å². The molecule has 8 heteroatoms. The molecule has 1 aromatic heterocycles. The molecular weight excluding hydrogens is 422 g/mol. The van der Waals surface area contributed by atoms with Crippen molar-refractivity contribution in [2.24, 2.45) is 10.6 Å². The first kappa shape index (κ1) is 20.5. The number of ketones is 1. The number of thioether (sulfide) groups is 1. The molecule has 1 N–H and O–H groups in total. The van der Waals surface area contributed by atoms with Crippen LogP contribution in [-0.4, -0.2) is 26.4 Å². The van der Waals surface area contributed by atoms with Gasteiger partial charge < -0.3 is 4.84 Å². The van der Waals surface area contributed by atoms with Crippen LogP contribution in [0.1, 0.15) is 43.6 Å². The van der Waals surface area contributed by atoms with Crippen LogP contribution in [0.4, 0.5) is 0 Å². The summed E-state index contributed by atoms with van der Waals surface area (Å²) in [6.45, 7) is 4.36. The van der Waals surface area contributed by atoms with E-state index in [1.165, 1.54) is 11.8 Å². The number of benzene rings is 2. The smallest absolute Gasteiger partial charge is 0.215 e. The summed E-state index contributed by atoms with van der Waals surface area (Å²) >= 11 is 1.37. The number of oxime groups is 1. The van der Waals surface area contributed by atoms with E-state index in [9.17, 15) is 4.79 Å². The molecule has 7 nitrogen and oxygen atoms in total. The molecule has 1 aliphatic carbocycles. The zero-order chi connectivity index (χ0) is 22.1. The van der Waals surface area contributed by atoms with Gasteiger partial charge in [-0.3, -0.25) is 10.2 Å². The lowest BCUT2D eigenvalue weighted by Gasteiger charge is -2.34. The van der Waals surface area contributed by atoms with Crippen LogP contribution in [0.15, 0.2) is 81.6 Å². The SMILES string of the molecule is CC1(C)CC(=O)C2=C(C1)Nn1c(CON=C(c3ccccc3)c3ccccc3)nnc1S2. The van der Waals surface area contributed by atoms with Gasteiger partial charge in [0.1, 0.15) is 5.71 Å². The van der Waals surface area contributed by atoms with Crippen molar-refractivity contribution in [2.45, 2.75) is 38.5 Å². The molecule has 3 aromatic rings. The Kier molecular flexibility index (Phi) is 5.30. The highest BCUT2D eigenvalue weighted by molar-refractivity contribution is 8.04. The molecule has 0 unspecified atom stereocenters. The maximum atomic E-state index is 12.6. The highest BCUT2D eigenvalue weighted by Crippen LogP contribution is 2.44. The van der Waals surface area contributed by atoms with Gasteiger partial charge in [-0.05, 0) is 23.6 Å². The van der Waals surface area contributed by atoms with Crippen molar-refractivity contribution in [1.82, 2.24) is 14.9 Å². The fourth-order valence-corrected chi connectivity index (χ4v) is 4.86. The topological polar surface area (TPSA) is 81.4 Å². The van der Waals surface area contributed by atoms with E-state index in [4.69, 9.17) is 4.84 Å². The number of Topliss-reactive ketones (excluding diaryl/α,β-unsaturated/α-hetero) is 1. The maximum Gasteiger partial charge on any atom is 0.215 e. The first-order valence-corrected chi connectivity index (χ1v) is 11.3. The summed E-state index contributed by atoms with van der Waals surface area (Å²) in [5.74, 6) is 0.750.